The summed E-state index contributed by atoms with van der Waals surface area (Å²) in [6, 6.07) is 5.56. The highest BCUT2D eigenvalue weighted by Gasteiger charge is 2.06. The van der Waals surface area contributed by atoms with Crippen LogP contribution in [0.15, 0.2) is 30.6 Å². The number of carbonyl (C=O) groups excluding carboxylic acids is 1. The molecule has 0 saturated carbocycles. The monoisotopic (exact) mass is 161 g/mol. The Kier molecular flexibility index (Phi) is 1.33. The number of carbonyl (C=O) groups is 1. The maximum atomic E-state index is 10.8. The molecule has 0 radical (unpaired) electrons. The maximum Gasteiger partial charge on any atom is 0.285 e. The van der Waals surface area contributed by atoms with E-state index in [0.717, 1.165) is 5.52 Å². The molecule has 2 aromatic rings. The van der Waals surface area contributed by atoms with Gasteiger partial charge in [-0.25, -0.2) is 4.98 Å². The summed E-state index contributed by atoms with van der Waals surface area (Å²) in [5.74, 6) is -0.244. The number of rotatable bonds is 1. The number of hydrogen-bond acceptors (Lipinski definition) is 2. The van der Waals surface area contributed by atoms with Crippen molar-refractivity contribution in [1.82, 2.24) is 9.38 Å². The number of imidazole rings is 1. The molecule has 0 aliphatic carbocycles. The predicted molar refractivity (Wildman–Crippen MR) is 43.7 cm³/mol. The van der Waals surface area contributed by atoms with Gasteiger partial charge < -0.3 is 5.73 Å². The van der Waals surface area contributed by atoms with Crippen LogP contribution in [-0.2, 0) is 0 Å². The Morgan fingerprint density at radius 2 is 2.33 bits per heavy atom. The fourth-order valence-corrected chi connectivity index (χ4v) is 1.13. The summed E-state index contributed by atoms with van der Waals surface area (Å²) >= 11 is 0. The number of hydrogen-bond donors (Lipinski definition) is 1. The molecular weight excluding hydrogens is 154 g/mol. The van der Waals surface area contributed by atoms with Crippen LogP contribution in [0, 0.1) is 0 Å². The molecule has 0 fully saturated rings. The minimum absolute atomic E-state index is 0.269. The summed E-state index contributed by atoms with van der Waals surface area (Å²) in [4.78, 5) is 14.7. The quantitative estimate of drug-likeness (QED) is 0.659. The van der Waals surface area contributed by atoms with Crippen molar-refractivity contribution in [2.75, 3.05) is 0 Å². The molecule has 1 amide bonds. The van der Waals surface area contributed by atoms with Gasteiger partial charge in [0.1, 0.15) is 0 Å². The minimum Gasteiger partial charge on any atom is -0.363 e. The summed E-state index contributed by atoms with van der Waals surface area (Å²) in [7, 11) is 0. The zero-order valence-electron chi connectivity index (χ0n) is 6.27. The topological polar surface area (TPSA) is 60.4 Å². The van der Waals surface area contributed by atoms with E-state index in [-0.39, 0.29) is 5.82 Å². The van der Waals surface area contributed by atoms with Crippen molar-refractivity contribution in [2.45, 2.75) is 0 Å². The van der Waals surface area contributed by atoms with Crippen LogP contribution in [0.2, 0.25) is 0 Å². The lowest BCUT2D eigenvalue weighted by Gasteiger charge is -1.94. The van der Waals surface area contributed by atoms with Crippen LogP contribution in [0.3, 0.4) is 0 Å². The van der Waals surface area contributed by atoms with Gasteiger partial charge in [0.05, 0.1) is 11.7 Å². The molecule has 4 heteroatoms. The van der Waals surface area contributed by atoms with E-state index in [1.807, 2.05) is 18.2 Å². The molecule has 0 unspecified atom stereocenters. The van der Waals surface area contributed by atoms with E-state index in [2.05, 4.69) is 4.98 Å². The molecule has 0 aliphatic rings. The number of aromatic nitrogens is 2. The van der Waals surface area contributed by atoms with Crippen molar-refractivity contribution in [3.05, 3.63) is 36.4 Å². The van der Waals surface area contributed by atoms with Crippen LogP contribution < -0.4 is 5.73 Å². The zero-order valence-corrected chi connectivity index (χ0v) is 6.27. The second-order valence-corrected chi connectivity index (χ2v) is 2.44. The molecule has 0 aliphatic heterocycles. The third-order valence-corrected chi connectivity index (χ3v) is 1.66. The molecule has 4 nitrogen and oxygen atoms in total. The van der Waals surface area contributed by atoms with Crippen molar-refractivity contribution < 1.29 is 4.79 Å². The van der Waals surface area contributed by atoms with E-state index in [1.165, 1.54) is 0 Å². The molecule has 0 aromatic carbocycles. The van der Waals surface area contributed by atoms with Crippen molar-refractivity contribution in [1.29, 1.82) is 0 Å². The predicted octanol–water partition coefficient (Wildman–Crippen LogP) is 0.433. The molecule has 2 heterocycles. The summed E-state index contributed by atoms with van der Waals surface area (Å²) < 4.78 is 1.66. The third-order valence-electron chi connectivity index (χ3n) is 1.66. The Bertz CT molecular complexity index is 433. The van der Waals surface area contributed by atoms with Crippen LogP contribution in [-0.4, -0.2) is 15.3 Å². The molecule has 0 saturated heterocycles. The molecule has 60 valence electrons. The largest absolute Gasteiger partial charge is 0.363 e. The molecule has 0 bridgehead atoms. The lowest BCUT2D eigenvalue weighted by Crippen LogP contribution is -2.14. The van der Waals surface area contributed by atoms with Gasteiger partial charge in [-0.2, -0.15) is 0 Å². The van der Waals surface area contributed by atoms with Gasteiger partial charge in [-0.1, -0.05) is 6.07 Å². The minimum atomic E-state index is -0.513. The van der Waals surface area contributed by atoms with Crippen LogP contribution >= 0.6 is 0 Å². The molecule has 0 spiro atoms. The van der Waals surface area contributed by atoms with Crippen LogP contribution in [0.25, 0.3) is 5.52 Å². The number of primary amides is 1. The molecule has 2 rings (SSSR count). The maximum absolute atomic E-state index is 10.8. The average Bonchev–Trinajstić information content (AvgIpc) is 2.47. The molecule has 2 aromatic heterocycles. The van der Waals surface area contributed by atoms with Crippen LogP contribution in [0.4, 0.5) is 0 Å². The highest BCUT2D eigenvalue weighted by Crippen LogP contribution is 2.04. The van der Waals surface area contributed by atoms with Gasteiger partial charge >= 0.3 is 0 Å². The van der Waals surface area contributed by atoms with E-state index >= 15 is 0 Å². The Morgan fingerprint density at radius 3 is 3.08 bits per heavy atom. The van der Waals surface area contributed by atoms with Crippen LogP contribution in [0.5, 0.6) is 0 Å². The fraction of sp³-hybridized carbons (Fsp3) is 0. The second kappa shape index (κ2) is 2.34. The van der Waals surface area contributed by atoms with Gasteiger partial charge in [-0.15, -0.1) is 0 Å². The van der Waals surface area contributed by atoms with Gasteiger partial charge in [-0.3, -0.25) is 9.20 Å². The first-order valence-electron chi connectivity index (χ1n) is 3.51. The van der Waals surface area contributed by atoms with E-state index in [0.29, 0.717) is 0 Å². The van der Waals surface area contributed by atoms with E-state index in [1.54, 1.807) is 16.8 Å². The first kappa shape index (κ1) is 6.84. The number of nitrogens with zero attached hydrogens (tertiary/aromatic N) is 2. The summed E-state index contributed by atoms with van der Waals surface area (Å²) in [5.41, 5.74) is 5.97. The standard InChI is InChI=1S/C8H7N3O/c9-7(12)8-10-5-6-3-1-2-4-11(6)8/h1-5H,(H2,9,12). The number of nitrogens with two attached hydrogens (primary N) is 1. The average molecular weight is 161 g/mol. The lowest BCUT2D eigenvalue weighted by atomic mass is 10.4. The highest BCUT2D eigenvalue weighted by molar-refractivity contribution is 5.90. The fourth-order valence-electron chi connectivity index (χ4n) is 1.13. The normalized spacial score (nSPS) is 10.3. The zero-order chi connectivity index (χ0) is 8.55. The second-order valence-electron chi connectivity index (χ2n) is 2.44. The SMILES string of the molecule is NC(=O)c1ncc2ccccn12. The molecule has 12 heavy (non-hydrogen) atoms. The molecule has 0 atom stereocenters. The summed E-state index contributed by atoms with van der Waals surface area (Å²) in [6.07, 6.45) is 3.36. The molecular formula is C8H7N3O. The van der Waals surface area contributed by atoms with Crippen LogP contribution in [0.1, 0.15) is 10.6 Å². The Balaban J connectivity index is 2.79. The van der Waals surface area contributed by atoms with Crippen molar-refractivity contribution in [3.63, 3.8) is 0 Å². The Labute approximate surface area is 68.6 Å². The summed E-state index contributed by atoms with van der Waals surface area (Å²) in [5, 5.41) is 0. The van der Waals surface area contributed by atoms with E-state index in [4.69, 9.17) is 5.73 Å². The van der Waals surface area contributed by atoms with Gasteiger partial charge in [0.15, 0.2) is 0 Å². The Hall–Kier alpha value is -1.84. The smallest absolute Gasteiger partial charge is 0.285 e. The van der Waals surface area contributed by atoms with Gasteiger partial charge in [-0.05, 0) is 12.1 Å². The molecule has 2 N–H and O–H groups in total. The van der Waals surface area contributed by atoms with Crippen molar-refractivity contribution in [2.24, 2.45) is 5.73 Å². The van der Waals surface area contributed by atoms with Gasteiger partial charge in [0.2, 0.25) is 5.82 Å². The van der Waals surface area contributed by atoms with Gasteiger partial charge in [0.25, 0.3) is 5.91 Å². The van der Waals surface area contributed by atoms with Crippen molar-refractivity contribution in [3.8, 4) is 0 Å². The van der Waals surface area contributed by atoms with E-state index in [9.17, 15) is 4.79 Å². The number of pyridine rings is 1. The highest BCUT2D eigenvalue weighted by atomic mass is 16.1. The van der Waals surface area contributed by atoms with Crippen molar-refractivity contribution >= 4 is 11.4 Å². The Morgan fingerprint density at radius 1 is 1.50 bits per heavy atom. The first-order valence-corrected chi connectivity index (χ1v) is 3.51. The lowest BCUT2D eigenvalue weighted by molar-refractivity contribution is 0.0990. The van der Waals surface area contributed by atoms with E-state index < -0.39 is 5.91 Å². The first-order chi connectivity index (χ1) is 5.79. The third kappa shape index (κ3) is 0.852. The number of fused-ring (bicyclic) bond motifs is 1. The number of amides is 1. The van der Waals surface area contributed by atoms with Gasteiger partial charge in [0, 0.05) is 6.20 Å². The summed E-state index contributed by atoms with van der Waals surface area (Å²) in [6.45, 7) is 0.